The normalized spacial score (nSPS) is 18.3. The van der Waals surface area contributed by atoms with E-state index in [1.54, 1.807) is 0 Å². The van der Waals surface area contributed by atoms with E-state index >= 15 is 0 Å². The Bertz CT molecular complexity index is 284. The summed E-state index contributed by atoms with van der Waals surface area (Å²) < 4.78 is 0. The molecule has 1 rings (SSSR count). The molecule has 104 valence electrons. The Kier molecular flexibility index (Phi) is 6.98. The van der Waals surface area contributed by atoms with Crippen molar-refractivity contribution < 1.29 is 9.90 Å². The van der Waals surface area contributed by atoms with E-state index < -0.39 is 5.97 Å². The molecule has 0 aliphatic carbocycles. The van der Waals surface area contributed by atoms with E-state index in [9.17, 15) is 4.79 Å². The minimum absolute atomic E-state index is 0.532. The van der Waals surface area contributed by atoms with Crippen molar-refractivity contribution in [2.75, 3.05) is 26.2 Å². The highest BCUT2D eigenvalue weighted by molar-refractivity contribution is 5.86. The second kappa shape index (κ2) is 8.27. The van der Waals surface area contributed by atoms with Crippen molar-refractivity contribution in [3.05, 3.63) is 11.6 Å². The van der Waals surface area contributed by atoms with Crippen LogP contribution >= 0.6 is 0 Å². The zero-order valence-electron chi connectivity index (χ0n) is 11.6. The number of aliphatic carboxylic acids is 1. The fourth-order valence-electron chi connectivity index (χ4n) is 2.49. The average Bonchev–Trinajstić information content (AvgIpc) is 2.39. The van der Waals surface area contributed by atoms with Crippen molar-refractivity contribution in [2.24, 2.45) is 0 Å². The van der Waals surface area contributed by atoms with Crippen LogP contribution in [0.5, 0.6) is 0 Å². The van der Waals surface area contributed by atoms with Crippen LogP contribution in [0.15, 0.2) is 11.6 Å². The zero-order chi connectivity index (χ0) is 13.4. The van der Waals surface area contributed by atoms with Crippen molar-refractivity contribution in [3.63, 3.8) is 0 Å². The van der Waals surface area contributed by atoms with Gasteiger partial charge in [-0.1, -0.05) is 19.9 Å². The molecule has 0 aromatic carbocycles. The molecule has 1 aliphatic rings. The minimum atomic E-state index is -0.778. The molecule has 1 aliphatic heterocycles. The molecular weight excluding hydrogens is 228 g/mol. The van der Waals surface area contributed by atoms with Crippen LogP contribution in [0.2, 0.25) is 0 Å². The molecule has 0 aromatic heterocycles. The van der Waals surface area contributed by atoms with E-state index in [0.717, 1.165) is 32.6 Å². The summed E-state index contributed by atoms with van der Waals surface area (Å²) in [7, 11) is 0. The lowest BCUT2D eigenvalue weighted by molar-refractivity contribution is -0.132. The Hall–Kier alpha value is -0.870. The van der Waals surface area contributed by atoms with Crippen LogP contribution in [0.4, 0.5) is 0 Å². The summed E-state index contributed by atoms with van der Waals surface area (Å²) in [5.41, 5.74) is 0.532. The molecule has 1 heterocycles. The average molecular weight is 254 g/mol. The molecule has 1 saturated heterocycles. The van der Waals surface area contributed by atoms with E-state index in [2.05, 4.69) is 17.1 Å². The molecule has 0 radical (unpaired) electrons. The van der Waals surface area contributed by atoms with E-state index in [-0.39, 0.29) is 0 Å². The highest BCUT2D eigenvalue weighted by Crippen LogP contribution is 2.13. The highest BCUT2D eigenvalue weighted by Gasteiger charge is 2.19. The molecule has 0 saturated carbocycles. The number of piperidine rings is 1. The second-order valence-corrected chi connectivity index (χ2v) is 4.86. The molecular formula is C14H26N2O2. The van der Waals surface area contributed by atoms with Crippen molar-refractivity contribution in [1.82, 2.24) is 10.2 Å². The number of nitrogens with one attached hydrogen (secondary N) is 1. The molecule has 0 amide bonds. The van der Waals surface area contributed by atoms with Gasteiger partial charge in [-0.3, -0.25) is 4.90 Å². The molecule has 2 N–H and O–H groups in total. The van der Waals surface area contributed by atoms with Crippen molar-refractivity contribution >= 4 is 5.97 Å². The van der Waals surface area contributed by atoms with Gasteiger partial charge in [0, 0.05) is 18.2 Å². The Morgan fingerprint density at radius 2 is 2.06 bits per heavy atom. The van der Waals surface area contributed by atoms with Gasteiger partial charge in [0.25, 0.3) is 0 Å². The van der Waals surface area contributed by atoms with Crippen LogP contribution in [0.25, 0.3) is 0 Å². The fourth-order valence-corrected chi connectivity index (χ4v) is 2.49. The maximum absolute atomic E-state index is 11.0. The van der Waals surface area contributed by atoms with Gasteiger partial charge in [0.1, 0.15) is 0 Å². The third kappa shape index (κ3) is 4.78. The third-order valence-corrected chi connectivity index (χ3v) is 3.56. The number of nitrogens with zero attached hydrogens (tertiary/aromatic N) is 1. The van der Waals surface area contributed by atoms with Gasteiger partial charge in [0.05, 0.1) is 0 Å². The Labute approximate surface area is 110 Å². The Morgan fingerprint density at radius 3 is 2.56 bits per heavy atom. The van der Waals surface area contributed by atoms with Crippen LogP contribution in [0, 0.1) is 0 Å². The molecule has 18 heavy (non-hydrogen) atoms. The lowest BCUT2D eigenvalue weighted by Crippen LogP contribution is -2.43. The van der Waals surface area contributed by atoms with Gasteiger partial charge < -0.3 is 10.4 Å². The van der Waals surface area contributed by atoms with Gasteiger partial charge in [-0.2, -0.15) is 0 Å². The highest BCUT2D eigenvalue weighted by atomic mass is 16.4. The van der Waals surface area contributed by atoms with Gasteiger partial charge in [0.15, 0.2) is 0 Å². The standard InChI is InChI=1S/C14H26N2O2/c1-3-10-16(13-5-8-15-9-6-13)11-7-12(4-2)14(17)18/h7,13,15H,3-6,8-11H2,1-2H3,(H,17,18). The SMILES string of the molecule is CCCN(CC=C(CC)C(=O)O)C1CCNCC1. The summed E-state index contributed by atoms with van der Waals surface area (Å²) in [6, 6.07) is 0.606. The largest absolute Gasteiger partial charge is 0.478 e. The molecule has 0 aromatic rings. The van der Waals surface area contributed by atoms with Gasteiger partial charge in [-0.15, -0.1) is 0 Å². The molecule has 0 unspecified atom stereocenters. The summed E-state index contributed by atoms with van der Waals surface area (Å²) in [5, 5.41) is 12.4. The first-order valence-electron chi connectivity index (χ1n) is 7.06. The van der Waals surface area contributed by atoms with Gasteiger partial charge in [-0.25, -0.2) is 4.79 Å². The molecule has 1 fully saturated rings. The lowest BCUT2D eigenvalue weighted by Gasteiger charge is -2.33. The van der Waals surface area contributed by atoms with Crippen LogP contribution in [0.1, 0.15) is 39.5 Å². The first-order chi connectivity index (χ1) is 8.69. The summed E-state index contributed by atoms with van der Waals surface area (Å²) in [6.45, 7) is 8.05. The van der Waals surface area contributed by atoms with E-state index in [1.165, 1.54) is 12.8 Å². The topological polar surface area (TPSA) is 52.6 Å². The minimum Gasteiger partial charge on any atom is -0.478 e. The molecule has 0 atom stereocenters. The Balaban J connectivity index is 2.58. The number of carboxylic acids is 1. The summed E-state index contributed by atoms with van der Waals surface area (Å²) in [4.78, 5) is 13.4. The number of carbonyl (C=O) groups is 1. The first kappa shape index (κ1) is 15.2. The number of hydrogen-bond donors (Lipinski definition) is 2. The van der Waals surface area contributed by atoms with E-state index in [1.807, 2.05) is 13.0 Å². The smallest absolute Gasteiger partial charge is 0.331 e. The van der Waals surface area contributed by atoms with Crippen LogP contribution in [-0.4, -0.2) is 48.2 Å². The maximum Gasteiger partial charge on any atom is 0.331 e. The molecule has 0 bridgehead atoms. The van der Waals surface area contributed by atoms with Gasteiger partial charge >= 0.3 is 5.97 Å². The zero-order valence-corrected chi connectivity index (χ0v) is 11.6. The van der Waals surface area contributed by atoms with Crippen LogP contribution in [-0.2, 0) is 4.79 Å². The van der Waals surface area contributed by atoms with Crippen LogP contribution < -0.4 is 5.32 Å². The molecule has 4 heteroatoms. The third-order valence-electron chi connectivity index (χ3n) is 3.56. The monoisotopic (exact) mass is 254 g/mol. The number of hydrogen-bond acceptors (Lipinski definition) is 3. The maximum atomic E-state index is 11.0. The predicted octanol–water partition coefficient (Wildman–Crippen LogP) is 1.87. The molecule has 4 nitrogen and oxygen atoms in total. The molecule has 0 spiro atoms. The lowest BCUT2D eigenvalue weighted by atomic mass is 10.0. The van der Waals surface area contributed by atoms with E-state index in [0.29, 0.717) is 18.0 Å². The van der Waals surface area contributed by atoms with Gasteiger partial charge in [0.2, 0.25) is 0 Å². The van der Waals surface area contributed by atoms with E-state index in [4.69, 9.17) is 5.11 Å². The van der Waals surface area contributed by atoms with Crippen LogP contribution in [0.3, 0.4) is 0 Å². The number of carboxylic acid groups (broad SMARTS) is 1. The second-order valence-electron chi connectivity index (χ2n) is 4.86. The van der Waals surface area contributed by atoms with Crippen molar-refractivity contribution in [1.29, 1.82) is 0 Å². The predicted molar refractivity (Wildman–Crippen MR) is 73.8 cm³/mol. The van der Waals surface area contributed by atoms with Crippen molar-refractivity contribution in [2.45, 2.75) is 45.6 Å². The quantitative estimate of drug-likeness (QED) is 0.681. The summed E-state index contributed by atoms with van der Waals surface area (Å²) in [6.07, 6.45) is 5.94. The summed E-state index contributed by atoms with van der Waals surface area (Å²) in [5.74, 6) is -0.778. The van der Waals surface area contributed by atoms with Crippen molar-refractivity contribution in [3.8, 4) is 0 Å². The summed E-state index contributed by atoms with van der Waals surface area (Å²) >= 11 is 0. The number of rotatable bonds is 7. The van der Waals surface area contributed by atoms with Gasteiger partial charge in [-0.05, 0) is 45.3 Å². The first-order valence-corrected chi connectivity index (χ1v) is 7.06. The Morgan fingerprint density at radius 1 is 1.39 bits per heavy atom. The fraction of sp³-hybridized carbons (Fsp3) is 0.786.